The van der Waals surface area contributed by atoms with E-state index in [-0.39, 0.29) is 5.82 Å². The highest BCUT2D eigenvalue weighted by Crippen LogP contribution is 2.28. The molecule has 3 nitrogen and oxygen atoms in total. The molecule has 3 aromatic rings. The Morgan fingerprint density at radius 2 is 1.87 bits per heavy atom. The minimum Gasteiger partial charge on any atom is -0.366 e. The van der Waals surface area contributed by atoms with E-state index in [4.69, 9.17) is 5.73 Å². The lowest BCUT2D eigenvalue weighted by molar-refractivity contribution is -0.113. The number of para-hydroxylation sites is 1. The van der Waals surface area contributed by atoms with E-state index in [1.54, 1.807) is 18.2 Å². The Labute approximate surface area is 133 Å². The van der Waals surface area contributed by atoms with Crippen molar-refractivity contribution in [3.63, 3.8) is 0 Å². The fourth-order valence-electron chi connectivity index (χ4n) is 2.83. The SMILES string of the molecule is Cc1c(C=CC(N)=O)c2ccccc2n1Cc1ccccc1F. The number of nitrogens with two attached hydrogens (primary N) is 1. The zero-order valence-electron chi connectivity index (χ0n) is 12.8. The number of halogens is 1. The molecule has 0 radical (unpaired) electrons. The number of amides is 1. The molecule has 0 aliphatic heterocycles. The zero-order valence-corrected chi connectivity index (χ0v) is 12.8. The van der Waals surface area contributed by atoms with E-state index in [2.05, 4.69) is 4.57 Å². The molecule has 2 aromatic carbocycles. The maximum Gasteiger partial charge on any atom is 0.241 e. The summed E-state index contributed by atoms with van der Waals surface area (Å²) < 4.78 is 16.0. The van der Waals surface area contributed by atoms with E-state index < -0.39 is 5.91 Å². The summed E-state index contributed by atoms with van der Waals surface area (Å²) >= 11 is 0. The number of fused-ring (bicyclic) bond motifs is 1. The Balaban J connectivity index is 2.16. The third-order valence-corrected chi connectivity index (χ3v) is 3.98. The van der Waals surface area contributed by atoms with Crippen molar-refractivity contribution in [2.75, 3.05) is 0 Å². The van der Waals surface area contributed by atoms with Crippen LogP contribution in [0.1, 0.15) is 16.8 Å². The molecule has 1 heterocycles. The molecule has 2 N–H and O–H groups in total. The van der Waals surface area contributed by atoms with Gasteiger partial charge in [-0.15, -0.1) is 0 Å². The van der Waals surface area contributed by atoms with Crippen LogP contribution < -0.4 is 5.73 Å². The first-order valence-corrected chi connectivity index (χ1v) is 7.36. The smallest absolute Gasteiger partial charge is 0.241 e. The predicted molar refractivity (Wildman–Crippen MR) is 90.4 cm³/mol. The quantitative estimate of drug-likeness (QED) is 0.735. The largest absolute Gasteiger partial charge is 0.366 e. The Morgan fingerprint density at radius 1 is 1.17 bits per heavy atom. The molecule has 0 bridgehead atoms. The molecule has 23 heavy (non-hydrogen) atoms. The van der Waals surface area contributed by atoms with Crippen molar-refractivity contribution in [3.05, 3.63) is 77.2 Å². The van der Waals surface area contributed by atoms with E-state index in [1.807, 2.05) is 37.3 Å². The molecule has 0 aliphatic carbocycles. The molecule has 0 spiro atoms. The van der Waals surface area contributed by atoms with Crippen LogP contribution in [-0.4, -0.2) is 10.5 Å². The highest BCUT2D eigenvalue weighted by molar-refractivity contribution is 5.96. The average molecular weight is 308 g/mol. The molecule has 0 unspecified atom stereocenters. The van der Waals surface area contributed by atoms with Gasteiger partial charge in [0.25, 0.3) is 0 Å². The molecule has 0 atom stereocenters. The van der Waals surface area contributed by atoms with Crippen molar-refractivity contribution in [1.29, 1.82) is 0 Å². The monoisotopic (exact) mass is 308 g/mol. The number of benzene rings is 2. The summed E-state index contributed by atoms with van der Waals surface area (Å²) in [5.41, 5.74) is 8.72. The Kier molecular flexibility index (Phi) is 3.98. The summed E-state index contributed by atoms with van der Waals surface area (Å²) in [6, 6.07) is 14.6. The fourth-order valence-corrected chi connectivity index (χ4v) is 2.83. The standard InChI is InChI=1S/C19H17FN2O/c1-13-15(10-11-19(21)23)16-7-3-5-9-18(16)22(13)12-14-6-2-4-8-17(14)20/h2-11H,12H2,1H3,(H2,21,23). The maximum atomic E-state index is 14.0. The van der Waals surface area contributed by atoms with Gasteiger partial charge in [0.1, 0.15) is 5.82 Å². The second kappa shape index (κ2) is 6.08. The van der Waals surface area contributed by atoms with E-state index in [0.29, 0.717) is 12.1 Å². The first kappa shape index (κ1) is 15.0. The summed E-state index contributed by atoms with van der Waals surface area (Å²) in [5, 5.41) is 1.01. The molecular formula is C19H17FN2O. The van der Waals surface area contributed by atoms with Gasteiger partial charge >= 0.3 is 0 Å². The molecule has 1 aromatic heterocycles. The number of primary amides is 1. The fraction of sp³-hybridized carbons (Fsp3) is 0.105. The van der Waals surface area contributed by atoms with Crippen LogP contribution in [0.4, 0.5) is 4.39 Å². The lowest BCUT2D eigenvalue weighted by Crippen LogP contribution is -2.05. The van der Waals surface area contributed by atoms with Gasteiger partial charge in [-0.05, 0) is 25.1 Å². The molecule has 0 saturated heterocycles. The first-order valence-electron chi connectivity index (χ1n) is 7.36. The van der Waals surface area contributed by atoms with Gasteiger partial charge in [0.05, 0.1) is 6.54 Å². The third kappa shape index (κ3) is 2.88. The molecule has 0 saturated carbocycles. The predicted octanol–water partition coefficient (Wildman–Crippen LogP) is 3.64. The van der Waals surface area contributed by atoms with E-state index in [1.165, 1.54) is 12.1 Å². The highest BCUT2D eigenvalue weighted by atomic mass is 19.1. The number of hydrogen-bond acceptors (Lipinski definition) is 1. The minimum absolute atomic E-state index is 0.223. The maximum absolute atomic E-state index is 14.0. The first-order chi connectivity index (χ1) is 11.1. The van der Waals surface area contributed by atoms with Gasteiger partial charge in [0, 0.05) is 33.8 Å². The van der Waals surface area contributed by atoms with Crippen LogP contribution >= 0.6 is 0 Å². The highest BCUT2D eigenvalue weighted by Gasteiger charge is 2.13. The van der Waals surface area contributed by atoms with Crippen molar-refractivity contribution in [2.45, 2.75) is 13.5 Å². The lowest BCUT2D eigenvalue weighted by Gasteiger charge is -2.09. The number of hydrogen-bond donors (Lipinski definition) is 1. The van der Waals surface area contributed by atoms with Crippen LogP contribution in [0.3, 0.4) is 0 Å². The van der Waals surface area contributed by atoms with Crippen LogP contribution in [-0.2, 0) is 11.3 Å². The van der Waals surface area contributed by atoms with Crippen molar-refractivity contribution < 1.29 is 9.18 Å². The summed E-state index contributed by atoms with van der Waals surface area (Å²) in [6.07, 6.45) is 3.07. The van der Waals surface area contributed by atoms with Crippen LogP contribution in [0.25, 0.3) is 17.0 Å². The Morgan fingerprint density at radius 3 is 2.61 bits per heavy atom. The molecule has 0 fully saturated rings. The summed E-state index contributed by atoms with van der Waals surface area (Å²) in [7, 11) is 0. The molecule has 116 valence electrons. The Bertz CT molecular complexity index is 909. The van der Waals surface area contributed by atoms with Gasteiger partial charge in [-0.25, -0.2) is 4.39 Å². The van der Waals surface area contributed by atoms with Gasteiger partial charge in [-0.2, -0.15) is 0 Å². The number of carbonyl (C=O) groups excluding carboxylic acids is 1. The Hall–Kier alpha value is -2.88. The summed E-state index contributed by atoms with van der Waals surface area (Å²) in [4.78, 5) is 11.0. The average Bonchev–Trinajstić information content (AvgIpc) is 2.80. The number of carbonyl (C=O) groups is 1. The normalized spacial score (nSPS) is 11.4. The molecule has 1 amide bonds. The number of aromatic nitrogens is 1. The van der Waals surface area contributed by atoms with E-state index >= 15 is 0 Å². The zero-order chi connectivity index (χ0) is 16.4. The number of nitrogens with zero attached hydrogens (tertiary/aromatic N) is 1. The third-order valence-electron chi connectivity index (χ3n) is 3.98. The second-order valence-electron chi connectivity index (χ2n) is 5.43. The topological polar surface area (TPSA) is 48.0 Å². The van der Waals surface area contributed by atoms with Gasteiger partial charge in [0.15, 0.2) is 0 Å². The van der Waals surface area contributed by atoms with Crippen LogP contribution in [0.5, 0.6) is 0 Å². The molecule has 4 heteroatoms. The van der Waals surface area contributed by atoms with Crippen molar-refractivity contribution in [1.82, 2.24) is 4.57 Å². The van der Waals surface area contributed by atoms with Gasteiger partial charge < -0.3 is 10.3 Å². The van der Waals surface area contributed by atoms with E-state index in [9.17, 15) is 9.18 Å². The van der Waals surface area contributed by atoms with Crippen molar-refractivity contribution >= 4 is 22.9 Å². The van der Waals surface area contributed by atoms with Crippen molar-refractivity contribution in [3.8, 4) is 0 Å². The van der Waals surface area contributed by atoms with Crippen LogP contribution in [0.2, 0.25) is 0 Å². The molecular weight excluding hydrogens is 291 g/mol. The van der Waals surface area contributed by atoms with Crippen molar-refractivity contribution in [2.24, 2.45) is 5.73 Å². The van der Waals surface area contributed by atoms with E-state index in [0.717, 1.165) is 22.2 Å². The number of rotatable bonds is 4. The lowest BCUT2D eigenvalue weighted by atomic mass is 10.1. The second-order valence-corrected chi connectivity index (χ2v) is 5.43. The summed E-state index contributed by atoms with van der Waals surface area (Å²) in [5.74, 6) is -0.714. The molecule has 0 aliphatic rings. The molecule has 3 rings (SSSR count). The summed E-state index contributed by atoms with van der Waals surface area (Å²) in [6.45, 7) is 2.39. The minimum atomic E-state index is -0.490. The van der Waals surface area contributed by atoms with Gasteiger partial charge in [-0.3, -0.25) is 4.79 Å². The van der Waals surface area contributed by atoms with Gasteiger partial charge in [-0.1, -0.05) is 36.4 Å². The van der Waals surface area contributed by atoms with Crippen LogP contribution in [0, 0.1) is 12.7 Å². The van der Waals surface area contributed by atoms with Gasteiger partial charge in [0.2, 0.25) is 5.91 Å². The van der Waals surface area contributed by atoms with Crippen LogP contribution in [0.15, 0.2) is 54.6 Å².